The number of carbonyl (C=O) groups is 2. The third-order valence-corrected chi connectivity index (χ3v) is 6.47. The highest BCUT2D eigenvalue weighted by Crippen LogP contribution is 2.35. The van der Waals surface area contributed by atoms with Gasteiger partial charge in [0.25, 0.3) is 0 Å². The van der Waals surface area contributed by atoms with Crippen molar-refractivity contribution in [1.82, 2.24) is 9.88 Å². The van der Waals surface area contributed by atoms with Crippen LogP contribution >= 0.6 is 23.1 Å². The number of aromatic nitrogens is 1. The summed E-state index contributed by atoms with van der Waals surface area (Å²) >= 11 is 2.57. The van der Waals surface area contributed by atoms with Crippen LogP contribution in [0.3, 0.4) is 0 Å². The van der Waals surface area contributed by atoms with Crippen molar-refractivity contribution in [1.29, 1.82) is 0 Å². The van der Waals surface area contributed by atoms with Gasteiger partial charge < -0.3 is 15.3 Å². The molecule has 1 aliphatic rings. The molecule has 1 atom stereocenters. The Labute approximate surface area is 173 Å². The molecule has 0 saturated carbocycles. The Morgan fingerprint density at radius 3 is 2.83 bits per heavy atom. The lowest BCUT2D eigenvalue weighted by molar-refractivity contribution is -0.137. The van der Waals surface area contributed by atoms with E-state index in [1.165, 1.54) is 46.7 Å². The molecule has 3 rings (SSSR count). The van der Waals surface area contributed by atoms with Gasteiger partial charge in [-0.1, -0.05) is 23.9 Å². The molecule has 0 aliphatic carbocycles. The minimum atomic E-state index is -4.45. The minimum Gasteiger partial charge on any atom is -0.476 e. The standard InChI is InChI=1S/C18H18F3N3O3S2/c19-18(20,21)12-3-1-2-4-13(12)22-9-11-5-6-15(25)24(11)7-8-28-17-23-14(10-29-17)16(26)27/h1-4,10-11,22H,5-9H2,(H,26,27)/t11-/m1/s1. The number of rotatable bonds is 8. The number of hydrogen-bond acceptors (Lipinski definition) is 6. The van der Waals surface area contributed by atoms with Gasteiger partial charge >= 0.3 is 12.1 Å². The second-order valence-electron chi connectivity index (χ2n) is 6.36. The van der Waals surface area contributed by atoms with Crippen molar-refractivity contribution in [3.05, 3.63) is 40.9 Å². The van der Waals surface area contributed by atoms with Gasteiger partial charge in [0.15, 0.2) is 10.0 Å². The van der Waals surface area contributed by atoms with Gasteiger partial charge in [-0.25, -0.2) is 9.78 Å². The molecule has 1 aromatic heterocycles. The molecule has 1 aromatic carbocycles. The Hall–Kier alpha value is -2.27. The summed E-state index contributed by atoms with van der Waals surface area (Å²) in [4.78, 5) is 28.7. The Bertz CT molecular complexity index is 888. The van der Waals surface area contributed by atoms with E-state index >= 15 is 0 Å². The van der Waals surface area contributed by atoms with Gasteiger partial charge in [-0.15, -0.1) is 11.3 Å². The molecular weight excluding hydrogens is 427 g/mol. The molecule has 156 valence electrons. The normalized spacial score (nSPS) is 17.0. The van der Waals surface area contributed by atoms with Gasteiger partial charge in [0.2, 0.25) is 5.91 Å². The van der Waals surface area contributed by atoms with E-state index in [0.29, 0.717) is 29.5 Å². The predicted molar refractivity (Wildman–Crippen MR) is 104 cm³/mol. The lowest BCUT2D eigenvalue weighted by atomic mass is 10.1. The summed E-state index contributed by atoms with van der Waals surface area (Å²) in [6.45, 7) is 0.642. The van der Waals surface area contributed by atoms with Crippen LogP contribution in [-0.2, 0) is 11.0 Å². The Morgan fingerprint density at radius 2 is 2.14 bits per heavy atom. The first-order valence-electron chi connectivity index (χ1n) is 8.77. The molecule has 0 bridgehead atoms. The van der Waals surface area contributed by atoms with Crippen LogP contribution in [0.4, 0.5) is 18.9 Å². The highest BCUT2D eigenvalue weighted by molar-refractivity contribution is 8.01. The van der Waals surface area contributed by atoms with Crippen LogP contribution < -0.4 is 5.32 Å². The number of benzene rings is 1. The zero-order valence-corrected chi connectivity index (χ0v) is 16.7. The van der Waals surface area contributed by atoms with Crippen molar-refractivity contribution in [2.24, 2.45) is 0 Å². The molecule has 0 spiro atoms. The lowest BCUT2D eigenvalue weighted by Crippen LogP contribution is -2.39. The first-order valence-corrected chi connectivity index (χ1v) is 10.6. The van der Waals surface area contributed by atoms with Crippen molar-refractivity contribution in [3.8, 4) is 0 Å². The zero-order chi connectivity index (χ0) is 21.0. The number of nitrogens with zero attached hydrogens (tertiary/aromatic N) is 2. The molecule has 1 amide bonds. The summed E-state index contributed by atoms with van der Waals surface area (Å²) in [5, 5.41) is 13.2. The average molecular weight is 445 g/mol. The number of amides is 1. The zero-order valence-electron chi connectivity index (χ0n) is 15.1. The maximum Gasteiger partial charge on any atom is 0.418 e. The Balaban J connectivity index is 1.56. The molecule has 2 aromatic rings. The number of carboxylic acids is 1. The fourth-order valence-electron chi connectivity index (χ4n) is 3.08. The number of alkyl halides is 3. The maximum atomic E-state index is 13.1. The number of thiazole rings is 1. The van der Waals surface area contributed by atoms with E-state index in [1.807, 2.05) is 0 Å². The largest absolute Gasteiger partial charge is 0.476 e. The SMILES string of the molecule is O=C(O)c1csc(SCCN2C(=O)CC[C@@H]2CNc2ccccc2C(F)(F)F)n1. The summed E-state index contributed by atoms with van der Waals surface area (Å²) in [7, 11) is 0. The number of thioether (sulfide) groups is 1. The number of carbonyl (C=O) groups excluding carboxylic acids is 1. The minimum absolute atomic E-state index is 0.00217. The second kappa shape index (κ2) is 9.04. The van der Waals surface area contributed by atoms with Crippen LogP contribution in [0.1, 0.15) is 28.9 Å². The number of carboxylic acid groups (broad SMARTS) is 1. The smallest absolute Gasteiger partial charge is 0.418 e. The molecular formula is C18H18F3N3O3S2. The van der Waals surface area contributed by atoms with E-state index in [2.05, 4.69) is 10.3 Å². The molecule has 11 heteroatoms. The van der Waals surface area contributed by atoms with Crippen LogP contribution in [0.15, 0.2) is 34.0 Å². The fourth-order valence-corrected chi connectivity index (χ4v) is 4.89. The number of likely N-dealkylation sites (tertiary alicyclic amines) is 1. The van der Waals surface area contributed by atoms with Gasteiger partial charge in [-0.2, -0.15) is 13.2 Å². The van der Waals surface area contributed by atoms with Gasteiger partial charge in [-0.05, 0) is 18.6 Å². The van der Waals surface area contributed by atoms with Gasteiger partial charge in [0.05, 0.1) is 5.56 Å². The van der Waals surface area contributed by atoms with Crippen molar-refractivity contribution in [2.45, 2.75) is 29.4 Å². The first-order chi connectivity index (χ1) is 13.8. The lowest BCUT2D eigenvalue weighted by Gasteiger charge is -2.26. The number of anilines is 1. The van der Waals surface area contributed by atoms with E-state index in [4.69, 9.17) is 5.11 Å². The molecule has 0 radical (unpaired) electrons. The molecule has 29 heavy (non-hydrogen) atoms. The van der Waals surface area contributed by atoms with Crippen molar-refractivity contribution in [3.63, 3.8) is 0 Å². The summed E-state index contributed by atoms with van der Waals surface area (Å²) in [5.41, 5.74) is -0.748. The van der Waals surface area contributed by atoms with E-state index in [0.717, 1.165) is 6.07 Å². The number of hydrogen-bond donors (Lipinski definition) is 2. The van der Waals surface area contributed by atoms with E-state index < -0.39 is 17.7 Å². The average Bonchev–Trinajstić information content (AvgIpc) is 3.27. The summed E-state index contributed by atoms with van der Waals surface area (Å²) in [6.07, 6.45) is -3.52. The monoisotopic (exact) mass is 445 g/mol. The highest BCUT2D eigenvalue weighted by atomic mass is 32.2. The molecule has 2 heterocycles. The molecule has 0 unspecified atom stereocenters. The third kappa shape index (κ3) is 5.41. The molecule has 1 fully saturated rings. The number of nitrogens with one attached hydrogen (secondary N) is 1. The Kier molecular flexibility index (Phi) is 6.68. The van der Waals surface area contributed by atoms with E-state index in [-0.39, 0.29) is 29.9 Å². The van der Waals surface area contributed by atoms with E-state index in [9.17, 15) is 22.8 Å². The van der Waals surface area contributed by atoms with Crippen LogP contribution in [0.2, 0.25) is 0 Å². The molecule has 6 nitrogen and oxygen atoms in total. The van der Waals surface area contributed by atoms with Gasteiger partial charge in [0.1, 0.15) is 0 Å². The van der Waals surface area contributed by atoms with Crippen molar-refractivity contribution >= 4 is 40.7 Å². The predicted octanol–water partition coefficient (Wildman–Crippen LogP) is 4.06. The van der Waals surface area contributed by atoms with Crippen molar-refractivity contribution in [2.75, 3.05) is 24.2 Å². The summed E-state index contributed by atoms with van der Waals surface area (Å²) in [5.74, 6) is -0.603. The van der Waals surface area contributed by atoms with Crippen LogP contribution in [0, 0.1) is 0 Å². The fraction of sp³-hybridized carbons (Fsp3) is 0.389. The first kappa shape index (κ1) is 21.4. The summed E-state index contributed by atoms with van der Waals surface area (Å²) in [6, 6.07) is 5.07. The van der Waals surface area contributed by atoms with Gasteiger partial charge in [0, 0.05) is 42.4 Å². The molecule has 1 aliphatic heterocycles. The number of para-hydroxylation sites is 1. The van der Waals surface area contributed by atoms with Crippen LogP contribution in [0.25, 0.3) is 0 Å². The number of halogens is 3. The quantitative estimate of drug-likeness (QED) is 0.597. The second-order valence-corrected chi connectivity index (χ2v) is 8.56. The van der Waals surface area contributed by atoms with Crippen LogP contribution in [-0.4, -0.2) is 51.8 Å². The molecule has 2 N–H and O–H groups in total. The van der Waals surface area contributed by atoms with Crippen LogP contribution in [0.5, 0.6) is 0 Å². The number of aromatic carboxylic acids is 1. The topological polar surface area (TPSA) is 82.5 Å². The Morgan fingerprint density at radius 1 is 1.38 bits per heavy atom. The van der Waals surface area contributed by atoms with E-state index in [1.54, 1.807) is 4.90 Å². The van der Waals surface area contributed by atoms with Gasteiger partial charge in [-0.3, -0.25) is 4.79 Å². The van der Waals surface area contributed by atoms with Crippen molar-refractivity contribution < 1.29 is 27.9 Å². The molecule has 1 saturated heterocycles. The summed E-state index contributed by atoms with van der Waals surface area (Å²) < 4.78 is 40.0. The highest BCUT2D eigenvalue weighted by Gasteiger charge is 2.34. The third-order valence-electron chi connectivity index (χ3n) is 4.47. The maximum absolute atomic E-state index is 13.1.